The fraction of sp³-hybridized carbons (Fsp3) is 0.421. The number of halogens is 1. The molecule has 0 radical (unpaired) electrons. The summed E-state index contributed by atoms with van der Waals surface area (Å²) in [7, 11) is 0. The van der Waals surface area contributed by atoms with E-state index < -0.39 is 5.97 Å². The van der Waals surface area contributed by atoms with E-state index in [1.54, 1.807) is 17.7 Å². The second-order valence-corrected chi connectivity index (χ2v) is 7.18. The average molecular weight is 388 g/mol. The van der Waals surface area contributed by atoms with Gasteiger partial charge in [-0.15, -0.1) is 5.10 Å². The Bertz CT molecular complexity index is 988. The lowest BCUT2D eigenvalue weighted by atomic mass is 10.3. The first-order chi connectivity index (χ1) is 13.0. The van der Waals surface area contributed by atoms with Crippen molar-refractivity contribution in [1.82, 2.24) is 19.4 Å². The molecule has 0 spiro atoms. The van der Waals surface area contributed by atoms with E-state index in [0.717, 1.165) is 35.8 Å². The number of hydrogen-bond donors (Lipinski definition) is 0. The van der Waals surface area contributed by atoms with Gasteiger partial charge in [-0.1, -0.05) is 11.6 Å². The lowest BCUT2D eigenvalue weighted by Crippen LogP contribution is -2.18. The zero-order valence-electron chi connectivity index (χ0n) is 15.5. The van der Waals surface area contributed by atoms with E-state index in [-0.39, 0.29) is 0 Å². The Morgan fingerprint density at radius 2 is 1.96 bits per heavy atom. The van der Waals surface area contributed by atoms with E-state index in [9.17, 15) is 4.79 Å². The van der Waals surface area contributed by atoms with E-state index >= 15 is 0 Å². The number of pyridine rings is 1. The number of anilines is 1. The van der Waals surface area contributed by atoms with Crippen LogP contribution in [0.4, 0.5) is 5.82 Å². The molecular formula is C19H22ClN5O2. The van der Waals surface area contributed by atoms with Crippen LogP contribution in [0.25, 0.3) is 5.52 Å². The van der Waals surface area contributed by atoms with Gasteiger partial charge in [-0.05, 0) is 44.9 Å². The summed E-state index contributed by atoms with van der Waals surface area (Å²) in [5, 5.41) is 9.83. The topological polar surface area (TPSA) is 64.7 Å². The molecule has 3 aromatic heterocycles. The number of nitrogens with zero attached hydrogens (tertiary/aromatic N) is 5. The van der Waals surface area contributed by atoms with Crippen molar-refractivity contribution >= 4 is 28.9 Å². The molecule has 1 aliphatic rings. The Morgan fingerprint density at radius 1 is 1.19 bits per heavy atom. The third-order valence-corrected chi connectivity index (χ3v) is 5.01. The standard InChI is InChI=1S/C19H22ClN5O2/c1-3-27-19(26)17-8-13(2)24(21-17)12-16-10-14(20)9-15-11-18(22-25(15)16)23-6-4-5-7-23/h8-11H,3-7,12H2,1-2H3. The highest BCUT2D eigenvalue weighted by Crippen LogP contribution is 2.24. The number of ether oxygens (including phenoxy) is 1. The summed E-state index contributed by atoms with van der Waals surface area (Å²) in [6.07, 6.45) is 2.40. The monoisotopic (exact) mass is 387 g/mol. The van der Waals surface area contributed by atoms with Crippen molar-refractivity contribution < 1.29 is 9.53 Å². The minimum atomic E-state index is -0.411. The highest BCUT2D eigenvalue weighted by Gasteiger charge is 2.18. The number of rotatable bonds is 5. The van der Waals surface area contributed by atoms with E-state index in [4.69, 9.17) is 21.4 Å². The van der Waals surface area contributed by atoms with Crippen molar-refractivity contribution in [3.8, 4) is 0 Å². The number of fused-ring (bicyclic) bond motifs is 1. The summed E-state index contributed by atoms with van der Waals surface area (Å²) in [5.74, 6) is 0.561. The number of aromatic nitrogens is 4. The summed E-state index contributed by atoms with van der Waals surface area (Å²) in [6, 6.07) is 7.61. The van der Waals surface area contributed by atoms with Crippen LogP contribution in [0.15, 0.2) is 24.3 Å². The Hall–Kier alpha value is -2.54. The van der Waals surface area contributed by atoms with Crippen LogP contribution in [-0.2, 0) is 11.3 Å². The molecule has 0 N–H and O–H groups in total. The van der Waals surface area contributed by atoms with Crippen molar-refractivity contribution in [3.05, 3.63) is 46.4 Å². The second-order valence-electron chi connectivity index (χ2n) is 6.75. The van der Waals surface area contributed by atoms with Crippen LogP contribution in [0, 0.1) is 6.92 Å². The Labute approximate surface area is 162 Å². The molecule has 142 valence electrons. The third-order valence-electron chi connectivity index (χ3n) is 4.79. The van der Waals surface area contributed by atoms with E-state index in [0.29, 0.717) is 23.9 Å². The van der Waals surface area contributed by atoms with Gasteiger partial charge in [0.2, 0.25) is 0 Å². The van der Waals surface area contributed by atoms with E-state index in [1.807, 2.05) is 23.6 Å². The molecule has 4 heterocycles. The zero-order valence-corrected chi connectivity index (χ0v) is 16.2. The van der Waals surface area contributed by atoms with Crippen molar-refractivity contribution in [1.29, 1.82) is 0 Å². The van der Waals surface area contributed by atoms with Crippen molar-refractivity contribution in [2.75, 3.05) is 24.6 Å². The molecule has 1 saturated heterocycles. The average Bonchev–Trinajstić information content (AvgIpc) is 3.35. The lowest BCUT2D eigenvalue weighted by molar-refractivity contribution is 0.0518. The largest absolute Gasteiger partial charge is 0.461 e. The first-order valence-corrected chi connectivity index (χ1v) is 9.57. The number of esters is 1. The summed E-state index contributed by atoms with van der Waals surface area (Å²) < 4.78 is 8.72. The van der Waals surface area contributed by atoms with Crippen LogP contribution in [0.5, 0.6) is 0 Å². The Balaban J connectivity index is 1.68. The first kappa shape index (κ1) is 17.9. The SMILES string of the molecule is CCOC(=O)c1cc(C)n(Cc2cc(Cl)cc3cc(N4CCCC4)nn23)n1. The van der Waals surface area contributed by atoms with Crippen molar-refractivity contribution in [2.24, 2.45) is 0 Å². The van der Waals surface area contributed by atoms with Crippen LogP contribution in [-0.4, -0.2) is 45.1 Å². The summed E-state index contributed by atoms with van der Waals surface area (Å²) >= 11 is 6.34. The normalized spacial score (nSPS) is 14.3. The van der Waals surface area contributed by atoms with Gasteiger partial charge in [0.05, 0.1) is 24.4 Å². The van der Waals surface area contributed by atoms with E-state index in [2.05, 4.69) is 16.1 Å². The second kappa shape index (κ2) is 7.23. The van der Waals surface area contributed by atoms with Gasteiger partial charge in [0.1, 0.15) is 0 Å². The molecule has 1 aliphatic heterocycles. The van der Waals surface area contributed by atoms with Gasteiger partial charge >= 0.3 is 5.97 Å². The molecule has 3 aromatic rings. The molecule has 0 aliphatic carbocycles. The highest BCUT2D eigenvalue weighted by molar-refractivity contribution is 6.31. The van der Waals surface area contributed by atoms with Gasteiger partial charge in [-0.2, -0.15) is 5.10 Å². The summed E-state index contributed by atoms with van der Waals surface area (Å²) in [6.45, 7) is 6.55. The minimum Gasteiger partial charge on any atom is -0.461 e. The molecule has 0 atom stereocenters. The number of carbonyl (C=O) groups excluding carboxylic acids is 1. The zero-order chi connectivity index (χ0) is 19.0. The molecule has 4 rings (SSSR count). The molecule has 27 heavy (non-hydrogen) atoms. The molecule has 7 nitrogen and oxygen atoms in total. The number of hydrogen-bond acceptors (Lipinski definition) is 5. The number of carbonyl (C=O) groups is 1. The third kappa shape index (κ3) is 3.51. The van der Waals surface area contributed by atoms with Crippen LogP contribution in [0.1, 0.15) is 41.6 Å². The lowest BCUT2D eigenvalue weighted by Gasteiger charge is -2.12. The predicted molar refractivity (Wildman–Crippen MR) is 104 cm³/mol. The molecular weight excluding hydrogens is 366 g/mol. The van der Waals surface area contributed by atoms with Crippen molar-refractivity contribution in [2.45, 2.75) is 33.2 Å². The van der Waals surface area contributed by atoms with Gasteiger partial charge in [-0.3, -0.25) is 4.68 Å². The van der Waals surface area contributed by atoms with Gasteiger partial charge in [-0.25, -0.2) is 9.31 Å². The van der Waals surface area contributed by atoms with Gasteiger partial charge < -0.3 is 9.64 Å². The molecule has 0 amide bonds. The Morgan fingerprint density at radius 3 is 2.70 bits per heavy atom. The van der Waals surface area contributed by atoms with Gasteiger partial charge in [0.15, 0.2) is 11.5 Å². The summed E-state index contributed by atoms with van der Waals surface area (Å²) in [4.78, 5) is 14.2. The molecule has 1 fully saturated rings. The van der Waals surface area contributed by atoms with Gasteiger partial charge in [0.25, 0.3) is 0 Å². The highest BCUT2D eigenvalue weighted by atomic mass is 35.5. The van der Waals surface area contributed by atoms with Crippen LogP contribution in [0.3, 0.4) is 0 Å². The maximum absolute atomic E-state index is 11.9. The summed E-state index contributed by atoms with van der Waals surface area (Å²) in [5.41, 5.74) is 3.04. The van der Waals surface area contributed by atoms with Crippen LogP contribution >= 0.6 is 11.6 Å². The molecule has 0 aromatic carbocycles. The molecule has 0 bridgehead atoms. The quantitative estimate of drug-likeness (QED) is 0.628. The first-order valence-electron chi connectivity index (χ1n) is 9.20. The predicted octanol–water partition coefficient (Wildman–Crippen LogP) is 3.32. The maximum Gasteiger partial charge on any atom is 0.358 e. The molecule has 0 saturated carbocycles. The fourth-order valence-corrected chi connectivity index (χ4v) is 3.70. The van der Waals surface area contributed by atoms with Crippen LogP contribution in [0.2, 0.25) is 5.02 Å². The minimum absolute atomic E-state index is 0.311. The van der Waals surface area contributed by atoms with E-state index in [1.165, 1.54) is 12.8 Å². The maximum atomic E-state index is 11.9. The Kier molecular flexibility index (Phi) is 4.78. The van der Waals surface area contributed by atoms with Crippen molar-refractivity contribution in [3.63, 3.8) is 0 Å². The van der Waals surface area contributed by atoms with Gasteiger partial charge in [0, 0.05) is 29.9 Å². The number of aryl methyl sites for hydroxylation is 1. The molecule has 8 heteroatoms. The van der Waals surface area contributed by atoms with Crippen LogP contribution < -0.4 is 4.90 Å². The smallest absolute Gasteiger partial charge is 0.358 e. The molecule has 0 unspecified atom stereocenters. The fourth-order valence-electron chi connectivity index (χ4n) is 3.46.